The highest BCUT2D eigenvalue weighted by molar-refractivity contribution is 9.11. The zero-order valence-electron chi connectivity index (χ0n) is 10.7. The van der Waals surface area contributed by atoms with Crippen LogP contribution in [0.15, 0.2) is 4.99 Å². The third-order valence-corrected chi connectivity index (χ3v) is 14.0. The SMILES string of the molecule is C[C@]12SC(=N[C@@H]3CCS(=O)(=O)C3)S[C@@H]1CS(=O)(=O)[C@H]2Br. The highest BCUT2D eigenvalue weighted by Gasteiger charge is 2.60. The first-order chi connectivity index (χ1) is 9.12. The van der Waals surface area contributed by atoms with Gasteiger partial charge in [-0.2, -0.15) is 0 Å². The van der Waals surface area contributed by atoms with Gasteiger partial charge in [0.1, 0.15) is 8.53 Å². The molecule has 114 valence electrons. The Balaban J connectivity index is 1.79. The van der Waals surface area contributed by atoms with Crippen LogP contribution in [-0.2, 0) is 19.7 Å². The molecule has 0 aromatic heterocycles. The maximum atomic E-state index is 11.9. The van der Waals surface area contributed by atoms with Gasteiger partial charge < -0.3 is 0 Å². The summed E-state index contributed by atoms with van der Waals surface area (Å²) in [4.78, 5) is 4.53. The van der Waals surface area contributed by atoms with Gasteiger partial charge in [-0.1, -0.05) is 39.5 Å². The molecule has 0 aromatic carbocycles. The Labute approximate surface area is 135 Å². The molecule has 3 saturated heterocycles. The summed E-state index contributed by atoms with van der Waals surface area (Å²) >= 11 is 6.26. The number of hydrogen-bond acceptors (Lipinski definition) is 7. The molecule has 3 rings (SSSR count). The summed E-state index contributed by atoms with van der Waals surface area (Å²) in [5.74, 6) is 0.480. The normalized spacial score (nSPS) is 47.7. The molecule has 0 aromatic rings. The molecule has 0 amide bonds. The largest absolute Gasteiger partial charge is 0.267 e. The van der Waals surface area contributed by atoms with E-state index in [0.29, 0.717) is 6.42 Å². The predicted molar refractivity (Wildman–Crippen MR) is 88.4 cm³/mol. The fourth-order valence-corrected chi connectivity index (χ4v) is 12.0. The first-order valence-electron chi connectivity index (χ1n) is 6.12. The number of rotatable bonds is 1. The first-order valence-corrected chi connectivity index (χ1v) is 12.3. The summed E-state index contributed by atoms with van der Waals surface area (Å²) in [6, 6.07) is -0.164. The summed E-state index contributed by atoms with van der Waals surface area (Å²) in [6.07, 6.45) is 0.574. The zero-order valence-corrected chi connectivity index (χ0v) is 15.5. The van der Waals surface area contributed by atoms with Crippen LogP contribution in [0.1, 0.15) is 13.3 Å². The van der Waals surface area contributed by atoms with Gasteiger partial charge in [0.2, 0.25) is 0 Å². The standard InChI is InChI=1S/C10H14BrNO4S4/c1-10-7(5-20(15,16)8(10)11)17-9(18-10)12-6-2-3-19(13,14)4-6/h6-8H,2-5H2,1H3/t6-,7-,8-,10+/m1/s1. The Bertz CT molecular complexity index is 673. The van der Waals surface area contributed by atoms with E-state index in [-0.39, 0.29) is 28.6 Å². The molecule has 5 nitrogen and oxygen atoms in total. The van der Waals surface area contributed by atoms with Gasteiger partial charge in [-0.05, 0) is 13.3 Å². The van der Waals surface area contributed by atoms with Crippen LogP contribution in [0, 0.1) is 0 Å². The first kappa shape index (κ1) is 15.6. The predicted octanol–water partition coefficient (Wildman–Crippen LogP) is 1.29. The lowest BCUT2D eigenvalue weighted by Crippen LogP contribution is -2.33. The number of fused-ring (bicyclic) bond motifs is 1. The second-order valence-electron chi connectivity index (χ2n) is 5.49. The fourth-order valence-electron chi connectivity index (χ4n) is 2.64. The van der Waals surface area contributed by atoms with Gasteiger partial charge in [-0.25, -0.2) is 16.8 Å². The second-order valence-corrected chi connectivity index (χ2v) is 14.3. The molecule has 10 heteroatoms. The van der Waals surface area contributed by atoms with Gasteiger partial charge in [0, 0.05) is 5.25 Å². The zero-order chi connectivity index (χ0) is 14.8. The number of thioether (sulfide) groups is 2. The molecule has 0 spiro atoms. The average molecular weight is 420 g/mol. The van der Waals surface area contributed by atoms with Crippen molar-refractivity contribution < 1.29 is 16.8 Å². The van der Waals surface area contributed by atoms with Crippen molar-refractivity contribution in [3.05, 3.63) is 0 Å². The van der Waals surface area contributed by atoms with Crippen LogP contribution >= 0.6 is 39.5 Å². The molecule has 3 heterocycles. The van der Waals surface area contributed by atoms with Crippen molar-refractivity contribution in [3.63, 3.8) is 0 Å². The Hall–Kier alpha value is 0.750. The minimum Gasteiger partial charge on any atom is -0.267 e. The maximum absolute atomic E-state index is 11.9. The van der Waals surface area contributed by atoms with Gasteiger partial charge in [0.05, 0.1) is 28.0 Å². The lowest BCUT2D eigenvalue weighted by atomic mass is 10.1. The van der Waals surface area contributed by atoms with Crippen LogP contribution in [0.4, 0.5) is 0 Å². The summed E-state index contributed by atoms with van der Waals surface area (Å²) in [5, 5.41) is -0.0152. The third-order valence-electron chi connectivity index (χ3n) is 3.84. The van der Waals surface area contributed by atoms with Gasteiger partial charge in [0.15, 0.2) is 19.7 Å². The summed E-state index contributed by atoms with van der Waals surface area (Å²) in [6.45, 7) is 1.94. The molecule has 0 aliphatic carbocycles. The molecule has 3 aliphatic rings. The van der Waals surface area contributed by atoms with E-state index >= 15 is 0 Å². The van der Waals surface area contributed by atoms with E-state index in [9.17, 15) is 16.8 Å². The number of halogens is 1. The molecule has 3 fully saturated rings. The number of aliphatic imine (C=N–C) groups is 1. The van der Waals surface area contributed by atoms with Gasteiger partial charge >= 0.3 is 0 Å². The highest BCUT2D eigenvalue weighted by Crippen LogP contribution is 2.57. The molecule has 20 heavy (non-hydrogen) atoms. The number of nitrogens with zero attached hydrogens (tertiary/aromatic N) is 1. The molecule has 0 saturated carbocycles. The van der Waals surface area contributed by atoms with Gasteiger partial charge in [0.25, 0.3) is 0 Å². The Morgan fingerprint density at radius 2 is 2.00 bits per heavy atom. The van der Waals surface area contributed by atoms with Crippen LogP contribution in [0.25, 0.3) is 0 Å². The monoisotopic (exact) mass is 419 g/mol. The Kier molecular flexibility index (Phi) is 3.81. The fraction of sp³-hybridized carbons (Fsp3) is 0.900. The molecule has 0 radical (unpaired) electrons. The van der Waals surface area contributed by atoms with Crippen LogP contribution in [0.2, 0.25) is 0 Å². The van der Waals surface area contributed by atoms with Crippen molar-refractivity contribution in [1.29, 1.82) is 0 Å². The number of hydrogen-bond donors (Lipinski definition) is 0. The van der Waals surface area contributed by atoms with Crippen molar-refractivity contribution in [2.24, 2.45) is 4.99 Å². The maximum Gasteiger partial charge on any atom is 0.165 e. The summed E-state index contributed by atoms with van der Waals surface area (Å²) in [7, 11) is -6.02. The molecular formula is C10H14BrNO4S4. The lowest BCUT2D eigenvalue weighted by Gasteiger charge is -2.22. The topological polar surface area (TPSA) is 80.6 Å². The Morgan fingerprint density at radius 3 is 2.55 bits per heavy atom. The second kappa shape index (κ2) is 4.87. The Morgan fingerprint density at radius 1 is 1.30 bits per heavy atom. The van der Waals surface area contributed by atoms with Crippen LogP contribution in [0.5, 0.6) is 0 Å². The molecule has 0 N–H and O–H groups in total. The van der Waals surface area contributed by atoms with E-state index in [1.807, 2.05) is 6.92 Å². The van der Waals surface area contributed by atoms with Crippen molar-refractivity contribution in [1.82, 2.24) is 0 Å². The summed E-state index contributed by atoms with van der Waals surface area (Å²) in [5.41, 5.74) is 0. The van der Waals surface area contributed by atoms with E-state index in [1.165, 1.54) is 23.5 Å². The lowest BCUT2D eigenvalue weighted by molar-refractivity contribution is 0.598. The van der Waals surface area contributed by atoms with Gasteiger partial charge in [-0.15, -0.1) is 0 Å². The van der Waals surface area contributed by atoms with E-state index in [2.05, 4.69) is 20.9 Å². The molecule has 0 bridgehead atoms. The van der Waals surface area contributed by atoms with Crippen LogP contribution in [-0.4, -0.2) is 58.7 Å². The van der Waals surface area contributed by atoms with E-state index < -0.39 is 28.6 Å². The van der Waals surface area contributed by atoms with Crippen molar-refractivity contribution in [2.75, 3.05) is 17.3 Å². The molecular weight excluding hydrogens is 406 g/mol. The van der Waals surface area contributed by atoms with E-state index in [1.54, 1.807) is 0 Å². The van der Waals surface area contributed by atoms with Crippen LogP contribution < -0.4 is 0 Å². The molecule has 0 unspecified atom stereocenters. The van der Waals surface area contributed by atoms with Crippen LogP contribution in [0.3, 0.4) is 0 Å². The van der Waals surface area contributed by atoms with Crippen molar-refractivity contribution in [2.45, 2.75) is 33.5 Å². The van der Waals surface area contributed by atoms with E-state index in [0.717, 1.165) is 4.38 Å². The number of alkyl halides is 1. The quantitative estimate of drug-likeness (QED) is 0.595. The van der Waals surface area contributed by atoms with Crippen molar-refractivity contribution in [3.8, 4) is 0 Å². The summed E-state index contributed by atoms with van der Waals surface area (Å²) < 4.78 is 46.6. The highest BCUT2D eigenvalue weighted by atomic mass is 79.9. The molecule has 3 aliphatic heterocycles. The smallest absolute Gasteiger partial charge is 0.165 e. The number of sulfone groups is 2. The minimum atomic E-state index is -3.09. The molecule has 4 atom stereocenters. The van der Waals surface area contributed by atoms with Crippen molar-refractivity contribution >= 4 is 63.5 Å². The minimum absolute atomic E-state index is 0.0152. The third kappa shape index (κ3) is 2.59. The van der Waals surface area contributed by atoms with E-state index in [4.69, 9.17) is 0 Å². The van der Waals surface area contributed by atoms with Gasteiger partial charge in [-0.3, -0.25) is 4.99 Å². The average Bonchev–Trinajstić information content (AvgIpc) is 2.84.